The summed E-state index contributed by atoms with van der Waals surface area (Å²) < 4.78 is 0. The maximum absolute atomic E-state index is 3.54. The van der Waals surface area contributed by atoms with Gasteiger partial charge in [0.1, 0.15) is 0 Å². The van der Waals surface area contributed by atoms with Gasteiger partial charge in [0, 0.05) is 18.6 Å². The molecule has 0 spiro atoms. The van der Waals surface area contributed by atoms with E-state index in [-0.39, 0.29) is 0 Å². The van der Waals surface area contributed by atoms with Gasteiger partial charge in [0.15, 0.2) is 0 Å². The summed E-state index contributed by atoms with van der Waals surface area (Å²) in [7, 11) is 4.51. The molecule has 0 saturated heterocycles. The SMILES string of the molecule is CNC1CCCCC1CN(C)C1CCC(C)CC1. The van der Waals surface area contributed by atoms with Crippen molar-refractivity contribution in [3.8, 4) is 0 Å². The predicted octanol–water partition coefficient (Wildman–Crippen LogP) is 3.28. The zero-order valence-corrected chi connectivity index (χ0v) is 12.6. The normalized spacial score (nSPS) is 38.0. The van der Waals surface area contributed by atoms with Crippen molar-refractivity contribution < 1.29 is 0 Å². The molecular weight excluding hydrogens is 220 g/mol. The van der Waals surface area contributed by atoms with Gasteiger partial charge in [-0.1, -0.05) is 19.8 Å². The van der Waals surface area contributed by atoms with Crippen LogP contribution in [-0.2, 0) is 0 Å². The zero-order valence-electron chi connectivity index (χ0n) is 12.6. The van der Waals surface area contributed by atoms with Gasteiger partial charge in [0.25, 0.3) is 0 Å². The minimum absolute atomic E-state index is 0.767. The summed E-state index contributed by atoms with van der Waals surface area (Å²) >= 11 is 0. The van der Waals surface area contributed by atoms with Crippen molar-refractivity contribution in [2.24, 2.45) is 11.8 Å². The van der Waals surface area contributed by atoms with E-state index in [0.29, 0.717) is 0 Å². The van der Waals surface area contributed by atoms with E-state index in [9.17, 15) is 0 Å². The topological polar surface area (TPSA) is 15.3 Å². The number of nitrogens with one attached hydrogen (secondary N) is 1. The van der Waals surface area contributed by atoms with Gasteiger partial charge in [-0.05, 0) is 64.5 Å². The summed E-state index contributed by atoms with van der Waals surface area (Å²) in [5, 5.41) is 3.54. The lowest BCUT2D eigenvalue weighted by atomic mass is 9.82. The molecule has 2 aliphatic carbocycles. The maximum Gasteiger partial charge on any atom is 0.0104 e. The Labute approximate surface area is 114 Å². The van der Waals surface area contributed by atoms with Crippen molar-refractivity contribution >= 4 is 0 Å². The minimum Gasteiger partial charge on any atom is -0.317 e. The summed E-state index contributed by atoms with van der Waals surface area (Å²) in [6.07, 6.45) is 11.4. The fourth-order valence-corrected chi connectivity index (χ4v) is 4.01. The van der Waals surface area contributed by atoms with Crippen LogP contribution in [0.1, 0.15) is 58.3 Å². The Morgan fingerprint density at radius 2 is 1.67 bits per heavy atom. The Balaban J connectivity index is 1.80. The molecule has 0 aliphatic heterocycles. The van der Waals surface area contributed by atoms with Gasteiger partial charge in [-0.25, -0.2) is 0 Å². The summed E-state index contributed by atoms with van der Waals surface area (Å²) in [6.45, 7) is 3.72. The average Bonchev–Trinajstić information content (AvgIpc) is 2.40. The lowest BCUT2D eigenvalue weighted by Crippen LogP contribution is -2.45. The molecule has 0 bridgehead atoms. The van der Waals surface area contributed by atoms with E-state index in [2.05, 4.69) is 31.2 Å². The Bertz CT molecular complexity index is 233. The van der Waals surface area contributed by atoms with Crippen LogP contribution in [0.15, 0.2) is 0 Å². The lowest BCUT2D eigenvalue weighted by Gasteiger charge is -2.39. The smallest absolute Gasteiger partial charge is 0.0104 e. The Morgan fingerprint density at radius 1 is 1.00 bits per heavy atom. The van der Waals surface area contributed by atoms with Crippen LogP contribution in [0.4, 0.5) is 0 Å². The molecule has 0 heterocycles. The third-order valence-corrected chi connectivity index (χ3v) is 5.41. The van der Waals surface area contributed by atoms with Crippen molar-refractivity contribution in [1.82, 2.24) is 10.2 Å². The van der Waals surface area contributed by atoms with Crippen LogP contribution < -0.4 is 5.32 Å². The van der Waals surface area contributed by atoms with Crippen LogP contribution in [-0.4, -0.2) is 37.6 Å². The van der Waals surface area contributed by atoms with Crippen molar-refractivity contribution in [3.63, 3.8) is 0 Å². The summed E-state index contributed by atoms with van der Waals surface area (Å²) in [6, 6.07) is 1.63. The van der Waals surface area contributed by atoms with E-state index < -0.39 is 0 Å². The quantitative estimate of drug-likeness (QED) is 0.826. The van der Waals surface area contributed by atoms with Crippen LogP contribution in [0.25, 0.3) is 0 Å². The molecule has 1 N–H and O–H groups in total. The van der Waals surface area contributed by atoms with Gasteiger partial charge in [0.05, 0.1) is 0 Å². The Kier molecular flexibility index (Phi) is 5.50. The second-order valence-electron chi connectivity index (χ2n) is 6.79. The molecule has 2 nitrogen and oxygen atoms in total. The zero-order chi connectivity index (χ0) is 13.0. The highest BCUT2D eigenvalue weighted by atomic mass is 15.1. The molecule has 106 valence electrons. The molecule has 0 radical (unpaired) electrons. The van der Waals surface area contributed by atoms with E-state index in [1.54, 1.807) is 0 Å². The van der Waals surface area contributed by atoms with Crippen LogP contribution in [0, 0.1) is 11.8 Å². The summed E-state index contributed by atoms with van der Waals surface area (Å²) in [4.78, 5) is 2.67. The fourth-order valence-electron chi connectivity index (χ4n) is 4.01. The predicted molar refractivity (Wildman–Crippen MR) is 78.9 cm³/mol. The third-order valence-electron chi connectivity index (χ3n) is 5.41. The van der Waals surface area contributed by atoms with Crippen molar-refractivity contribution in [1.29, 1.82) is 0 Å². The molecular formula is C16H32N2. The number of nitrogens with zero attached hydrogens (tertiary/aromatic N) is 1. The second kappa shape index (κ2) is 6.91. The first-order valence-electron chi connectivity index (χ1n) is 8.08. The molecule has 2 saturated carbocycles. The average molecular weight is 252 g/mol. The van der Waals surface area contributed by atoms with Gasteiger partial charge in [-0.3, -0.25) is 0 Å². The summed E-state index contributed by atoms with van der Waals surface area (Å²) in [5.74, 6) is 1.85. The number of hydrogen-bond acceptors (Lipinski definition) is 2. The first-order chi connectivity index (χ1) is 8.70. The van der Waals surface area contributed by atoms with Crippen molar-refractivity contribution in [2.45, 2.75) is 70.4 Å². The molecule has 0 aromatic carbocycles. The lowest BCUT2D eigenvalue weighted by molar-refractivity contribution is 0.123. The van der Waals surface area contributed by atoms with Crippen LogP contribution in [0.2, 0.25) is 0 Å². The molecule has 2 unspecified atom stereocenters. The highest BCUT2D eigenvalue weighted by molar-refractivity contribution is 4.84. The van der Waals surface area contributed by atoms with Crippen LogP contribution in [0.3, 0.4) is 0 Å². The molecule has 2 heteroatoms. The second-order valence-corrected chi connectivity index (χ2v) is 6.79. The maximum atomic E-state index is 3.54. The van der Waals surface area contributed by atoms with Crippen LogP contribution in [0.5, 0.6) is 0 Å². The number of hydrogen-bond donors (Lipinski definition) is 1. The molecule has 0 amide bonds. The fraction of sp³-hybridized carbons (Fsp3) is 1.00. The Hall–Kier alpha value is -0.0800. The van der Waals surface area contributed by atoms with E-state index in [1.165, 1.54) is 57.9 Å². The first kappa shape index (κ1) is 14.3. The summed E-state index contributed by atoms with van der Waals surface area (Å²) in [5.41, 5.74) is 0. The van der Waals surface area contributed by atoms with Gasteiger partial charge in [-0.15, -0.1) is 0 Å². The third kappa shape index (κ3) is 3.71. The standard InChI is InChI=1S/C16H32N2/c1-13-8-10-15(11-9-13)18(3)12-14-6-4-5-7-16(14)17-2/h13-17H,4-12H2,1-3H3. The first-order valence-corrected chi connectivity index (χ1v) is 8.08. The Morgan fingerprint density at radius 3 is 2.33 bits per heavy atom. The molecule has 2 fully saturated rings. The van der Waals surface area contributed by atoms with Crippen molar-refractivity contribution in [3.05, 3.63) is 0 Å². The molecule has 18 heavy (non-hydrogen) atoms. The molecule has 2 rings (SSSR count). The molecule has 2 aliphatic rings. The van der Waals surface area contributed by atoms with Gasteiger partial charge in [-0.2, -0.15) is 0 Å². The van der Waals surface area contributed by atoms with E-state index >= 15 is 0 Å². The van der Waals surface area contributed by atoms with Crippen molar-refractivity contribution in [2.75, 3.05) is 20.6 Å². The highest BCUT2D eigenvalue weighted by Gasteiger charge is 2.28. The van der Waals surface area contributed by atoms with E-state index in [4.69, 9.17) is 0 Å². The number of rotatable bonds is 4. The molecule has 0 aromatic rings. The van der Waals surface area contributed by atoms with Gasteiger partial charge >= 0.3 is 0 Å². The largest absolute Gasteiger partial charge is 0.317 e. The van der Waals surface area contributed by atoms with Gasteiger partial charge in [0.2, 0.25) is 0 Å². The molecule has 0 aromatic heterocycles. The minimum atomic E-state index is 0.767. The molecule has 2 atom stereocenters. The van der Waals surface area contributed by atoms with Crippen LogP contribution >= 0.6 is 0 Å². The van der Waals surface area contributed by atoms with E-state index in [1.807, 2.05) is 0 Å². The monoisotopic (exact) mass is 252 g/mol. The van der Waals surface area contributed by atoms with Gasteiger partial charge < -0.3 is 10.2 Å². The highest BCUT2D eigenvalue weighted by Crippen LogP contribution is 2.29. The van der Waals surface area contributed by atoms with E-state index in [0.717, 1.165) is 23.9 Å².